The summed E-state index contributed by atoms with van der Waals surface area (Å²) in [5.74, 6) is 0.530. The molecule has 2 aliphatic heterocycles. The van der Waals surface area contributed by atoms with Crippen molar-refractivity contribution in [1.82, 2.24) is 10.2 Å². The fourth-order valence-corrected chi connectivity index (χ4v) is 4.01. The Balaban J connectivity index is 1.50. The smallest absolute Gasteiger partial charge is 0.252 e. The number of hydrogen-bond acceptors (Lipinski definition) is 2. The van der Waals surface area contributed by atoms with Gasteiger partial charge in [-0.15, -0.1) is 0 Å². The molecule has 2 aliphatic rings. The largest absolute Gasteiger partial charge is 0.347 e. The van der Waals surface area contributed by atoms with Gasteiger partial charge in [-0.3, -0.25) is 4.79 Å². The fourth-order valence-electron chi connectivity index (χ4n) is 4.01. The molecule has 1 fully saturated rings. The van der Waals surface area contributed by atoms with Crippen LogP contribution in [0.25, 0.3) is 0 Å². The van der Waals surface area contributed by atoms with E-state index in [1.54, 1.807) is 0 Å². The predicted molar refractivity (Wildman–Crippen MR) is 91.8 cm³/mol. The van der Waals surface area contributed by atoms with E-state index < -0.39 is 0 Å². The number of hydrogen-bond donors (Lipinski definition) is 1. The minimum absolute atomic E-state index is 0.101. The van der Waals surface area contributed by atoms with Crippen molar-refractivity contribution in [2.75, 3.05) is 19.6 Å². The summed E-state index contributed by atoms with van der Waals surface area (Å²) in [7, 11) is 0. The fraction of sp³-hybridized carbons (Fsp3) is 0.350. The normalized spacial score (nSPS) is 23.3. The highest BCUT2D eigenvalue weighted by Gasteiger charge is 2.40. The van der Waals surface area contributed by atoms with Crippen LogP contribution < -0.4 is 5.32 Å². The first-order valence-corrected chi connectivity index (χ1v) is 8.39. The second kappa shape index (κ2) is 5.82. The van der Waals surface area contributed by atoms with Crippen molar-refractivity contribution in [2.45, 2.75) is 25.3 Å². The van der Waals surface area contributed by atoms with Crippen LogP contribution in [0, 0.1) is 6.92 Å². The summed E-state index contributed by atoms with van der Waals surface area (Å²) in [6.45, 7) is 5.07. The number of rotatable bonds is 3. The molecule has 2 unspecified atom stereocenters. The molecule has 0 radical (unpaired) electrons. The molecule has 0 bridgehead atoms. The van der Waals surface area contributed by atoms with E-state index in [0.717, 1.165) is 37.2 Å². The third kappa shape index (κ3) is 2.66. The minimum atomic E-state index is 0.101. The average molecular weight is 306 g/mol. The number of carbonyl (C=O) groups excluding carboxylic acids is 1. The molecule has 0 aromatic heterocycles. The summed E-state index contributed by atoms with van der Waals surface area (Å²) in [5.41, 5.74) is 4.60. The van der Waals surface area contributed by atoms with Gasteiger partial charge in [0.15, 0.2) is 0 Å². The summed E-state index contributed by atoms with van der Waals surface area (Å²) in [4.78, 5) is 14.9. The van der Waals surface area contributed by atoms with E-state index in [4.69, 9.17) is 0 Å². The van der Waals surface area contributed by atoms with Gasteiger partial charge in [0.1, 0.15) is 0 Å². The molecule has 2 aromatic carbocycles. The van der Waals surface area contributed by atoms with Crippen molar-refractivity contribution < 1.29 is 4.79 Å². The minimum Gasteiger partial charge on any atom is -0.347 e. The lowest BCUT2D eigenvalue weighted by Crippen LogP contribution is -2.44. The second-order valence-electron chi connectivity index (χ2n) is 6.72. The Morgan fingerprint density at radius 2 is 1.91 bits per heavy atom. The van der Waals surface area contributed by atoms with E-state index in [1.807, 2.05) is 13.0 Å². The van der Waals surface area contributed by atoms with Gasteiger partial charge in [-0.2, -0.15) is 0 Å². The Bertz CT molecular complexity index is 726. The van der Waals surface area contributed by atoms with Crippen LogP contribution in [0.1, 0.15) is 33.0 Å². The molecule has 3 nitrogen and oxygen atoms in total. The summed E-state index contributed by atoms with van der Waals surface area (Å²) in [6.07, 6.45) is 1.06. The number of fused-ring (bicyclic) bond motifs is 3. The third-order valence-corrected chi connectivity index (χ3v) is 5.20. The Hall–Kier alpha value is -2.13. The third-order valence-electron chi connectivity index (χ3n) is 5.20. The molecule has 0 saturated carbocycles. The molecule has 0 aliphatic carbocycles. The molecular formula is C20H22N2O. The van der Waals surface area contributed by atoms with Gasteiger partial charge in [0.2, 0.25) is 0 Å². The summed E-state index contributed by atoms with van der Waals surface area (Å²) in [5, 5.41) is 3.22. The van der Waals surface area contributed by atoms with Gasteiger partial charge >= 0.3 is 0 Å². The van der Waals surface area contributed by atoms with Crippen molar-refractivity contribution in [3.05, 3.63) is 70.8 Å². The van der Waals surface area contributed by atoms with Crippen LogP contribution in [-0.4, -0.2) is 36.5 Å². The first kappa shape index (κ1) is 14.5. The molecule has 2 aromatic rings. The van der Waals surface area contributed by atoms with E-state index in [9.17, 15) is 4.79 Å². The number of amides is 1. The first-order valence-electron chi connectivity index (χ1n) is 8.39. The molecule has 118 valence electrons. The lowest BCUT2D eigenvalue weighted by atomic mass is 9.84. The maximum atomic E-state index is 12.4. The SMILES string of the molecule is Cc1cccc2c1C(=O)NC1CN(CCc3ccccc3)CC21. The van der Waals surface area contributed by atoms with Gasteiger partial charge < -0.3 is 10.2 Å². The molecule has 1 N–H and O–H groups in total. The Labute approximate surface area is 137 Å². The average Bonchev–Trinajstić information content (AvgIpc) is 2.97. The van der Waals surface area contributed by atoms with Gasteiger partial charge in [-0.25, -0.2) is 0 Å². The molecule has 0 spiro atoms. The Morgan fingerprint density at radius 3 is 2.74 bits per heavy atom. The van der Waals surface area contributed by atoms with Crippen molar-refractivity contribution in [3.8, 4) is 0 Å². The molecule has 2 atom stereocenters. The number of nitrogens with one attached hydrogen (secondary N) is 1. The van der Waals surface area contributed by atoms with Crippen molar-refractivity contribution in [2.24, 2.45) is 0 Å². The Morgan fingerprint density at radius 1 is 1.09 bits per heavy atom. The van der Waals surface area contributed by atoms with Crippen LogP contribution in [0.15, 0.2) is 48.5 Å². The predicted octanol–water partition coefficient (Wildman–Crippen LogP) is 2.75. The van der Waals surface area contributed by atoms with Gasteiger partial charge in [0, 0.05) is 37.2 Å². The quantitative estimate of drug-likeness (QED) is 0.945. The lowest BCUT2D eigenvalue weighted by Gasteiger charge is -2.29. The monoisotopic (exact) mass is 306 g/mol. The zero-order valence-corrected chi connectivity index (χ0v) is 13.5. The van der Waals surface area contributed by atoms with E-state index in [2.05, 4.69) is 52.7 Å². The van der Waals surface area contributed by atoms with Gasteiger partial charge in [0.05, 0.1) is 0 Å². The van der Waals surface area contributed by atoms with E-state index in [1.165, 1.54) is 11.1 Å². The van der Waals surface area contributed by atoms with Gasteiger partial charge in [-0.1, -0.05) is 48.5 Å². The summed E-state index contributed by atoms with van der Waals surface area (Å²) in [6, 6.07) is 17.1. The van der Waals surface area contributed by atoms with Crippen LogP contribution in [0.3, 0.4) is 0 Å². The standard InChI is InChI=1S/C20H22N2O/c1-14-6-5-9-16-17-12-22(11-10-15-7-3-2-4-8-15)13-18(17)21-20(23)19(14)16/h2-9,17-18H,10-13H2,1H3,(H,21,23). The van der Waals surface area contributed by atoms with Gasteiger partial charge in [-0.05, 0) is 30.0 Å². The van der Waals surface area contributed by atoms with Crippen LogP contribution in [0.4, 0.5) is 0 Å². The molecular weight excluding hydrogens is 284 g/mol. The molecule has 1 saturated heterocycles. The maximum absolute atomic E-state index is 12.4. The highest BCUT2D eigenvalue weighted by Crippen LogP contribution is 2.34. The van der Waals surface area contributed by atoms with E-state index in [0.29, 0.717) is 5.92 Å². The molecule has 2 heterocycles. The number of benzene rings is 2. The number of aryl methyl sites for hydroxylation is 1. The molecule has 4 rings (SSSR count). The molecule has 1 amide bonds. The highest BCUT2D eigenvalue weighted by molar-refractivity contribution is 5.99. The number of likely N-dealkylation sites (tertiary alicyclic amines) is 1. The summed E-state index contributed by atoms with van der Waals surface area (Å²) < 4.78 is 0. The zero-order valence-electron chi connectivity index (χ0n) is 13.5. The van der Waals surface area contributed by atoms with E-state index >= 15 is 0 Å². The van der Waals surface area contributed by atoms with Crippen molar-refractivity contribution in [1.29, 1.82) is 0 Å². The van der Waals surface area contributed by atoms with E-state index in [-0.39, 0.29) is 11.9 Å². The highest BCUT2D eigenvalue weighted by atomic mass is 16.1. The van der Waals surface area contributed by atoms with Gasteiger partial charge in [0.25, 0.3) is 5.91 Å². The lowest BCUT2D eigenvalue weighted by molar-refractivity contribution is 0.0922. The van der Waals surface area contributed by atoms with Crippen LogP contribution >= 0.6 is 0 Å². The maximum Gasteiger partial charge on any atom is 0.252 e. The first-order chi connectivity index (χ1) is 11.2. The topological polar surface area (TPSA) is 32.3 Å². The van der Waals surface area contributed by atoms with Crippen LogP contribution in [0.2, 0.25) is 0 Å². The second-order valence-corrected chi connectivity index (χ2v) is 6.72. The molecule has 3 heteroatoms. The Kier molecular flexibility index (Phi) is 3.66. The molecule has 23 heavy (non-hydrogen) atoms. The number of carbonyl (C=O) groups is 1. The van der Waals surface area contributed by atoms with Crippen molar-refractivity contribution >= 4 is 5.91 Å². The van der Waals surface area contributed by atoms with Crippen molar-refractivity contribution in [3.63, 3.8) is 0 Å². The number of nitrogens with zero attached hydrogens (tertiary/aromatic N) is 1. The summed E-state index contributed by atoms with van der Waals surface area (Å²) >= 11 is 0. The van der Waals surface area contributed by atoms with Crippen LogP contribution in [-0.2, 0) is 6.42 Å². The zero-order chi connectivity index (χ0) is 15.8. The van der Waals surface area contributed by atoms with Crippen LogP contribution in [0.5, 0.6) is 0 Å².